The van der Waals surface area contributed by atoms with E-state index in [0.717, 1.165) is 19.3 Å². The van der Waals surface area contributed by atoms with Crippen molar-refractivity contribution in [1.29, 1.82) is 0 Å². The Morgan fingerprint density at radius 1 is 0.527 bits per heavy atom. The zero-order valence-corrected chi connectivity index (χ0v) is 33.9. The molecule has 3 aliphatic rings. The van der Waals surface area contributed by atoms with Gasteiger partial charge in [0.15, 0.2) is 0 Å². The molecule has 2 aliphatic heterocycles. The maximum absolute atomic E-state index is 2.80. The predicted molar refractivity (Wildman–Crippen MR) is 233 cm³/mol. The summed E-state index contributed by atoms with van der Waals surface area (Å²) >= 11 is 0. The van der Waals surface area contributed by atoms with Crippen molar-refractivity contribution in [2.75, 3.05) is 9.80 Å². The second kappa shape index (κ2) is 13.0. The Kier molecular flexibility index (Phi) is 8.42. The van der Waals surface area contributed by atoms with Crippen molar-refractivity contribution in [3.8, 4) is 11.1 Å². The Morgan fingerprint density at radius 3 is 1.45 bits per heavy atom. The van der Waals surface area contributed by atoms with Gasteiger partial charge in [-0.3, -0.25) is 0 Å². The van der Waals surface area contributed by atoms with Crippen molar-refractivity contribution in [1.82, 2.24) is 0 Å². The van der Waals surface area contributed by atoms with Gasteiger partial charge in [0.25, 0.3) is 0 Å². The minimum Gasteiger partial charge on any atom is -0.353 e. The number of fused-ring (bicyclic) bond motifs is 9. The summed E-state index contributed by atoms with van der Waals surface area (Å²) in [6, 6.07) is 54.5. The van der Waals surface area contributed by atoms with Gasteiger partial charge in [-0.25, -0.2) is 0 Å². The van der Waals surface area contributed by atoms with Crippen LogP contribution in [0.1, 0.15) is 125 Å². The number of nitrogens with zero attached hydrogens (tertiary/aromatic N) is 2. The fourth-order valence-electron chi connectivity index (χ4n) is 11.1. The maximum atomic E-state index is 2.80. The molecule has 2 heterocycles. The number of benzene rings is 6. The topological polar surface area (TPSA) is 6.48 Å². The summed E-state index contributed by atoms with van der Waals surface area (Å²) in [5.41, 5.74) is 17.0. The first-order valence-electron chi connectivity index (χ1n) is 20.7. The first-order chi connectivity index (χ1) is 26.6. The maximum Gasteiger partial charge on any atom is 0.0994 e. The molecule has 0 saturated carbocycles. The molecule has 2 nitrogen and oxygen atoms in total. The van der Waals surface area contributed by atoms with E-state index in [4.69, 9.17) is 0 Å². The number of hydrogen-bond acceptors (Lipinski definition) is 2. The van der Waals surface area contributed by atoms with Gasteiger partial charge in [-0.05, 0) is 119 Å². The summed E-state index contributed by atoms with van der Waals surface area (Å²) in [7, 11) is 0. The van der Waals surface area contributed by atoms with Crippen LogP contribution < -0.4 is 9.80 Å². The molecule has 1 saturated heterocycles. The lowest BCUT2D eigenvalue weighted by Gasteiger charge is -2.45. The van der Waals surface area contributed by atoms with E-state index < -0.39 is 5.41 Å². The molecule has 9 rings (SSSR count). The Balaban J connectivity index is 1.22. The molecule has 1 fully saturated rings. The van der Waals surface area contributed by atoms with Crippen LogP contribution >= 0.6 is 0 Å². The van der Waals surface area contributed by atoms with Crippen LogP contribution in [0.4, 0.5) is 22.7 Å². The third-order valence-electron chi connectivity index (χ3n) is 13.5. The van der Waals surface area contributed by atoms with Gasteiger partial charge in [0.2, 0.25) is 0 Å². The minimum atomic E-state index is -0.400. The van der Waals surface area contributed by atoms with Gasteiger partial charge in [-0.2, -0.15) is 0 Å². The van der Waals surface area contributed by atoms with Crippen LogP contribution in [0.15, 0.2) is 140 Å². The number of anilines is 4. The highest BCUT2D eigenvalue weighted by molar-refractivity contribution is 5.95. The molecular weight excluding hydrogens is 665 g/mol. The van der Waals surface area contributed by atoms with Crippen molar-refractivity contribution in [3.63, 3.8) is 0 Å². The van der Waals surface area contributed by atoms with Crippen LogP contribution in [0.25, 0.3) is 11.1 Å². The molecule has 6 aromatic carbocycles. The molecule has 0 bridgehead atoms. The van der Waals surface area contributed by atoms with Gasteiger partial charge in [0.05, 0.1) is 22.8 Å². The molecule has 2 heteroatoms. The van der Waals surface area contributed by atoms with E-state index in [1.165, 1.54) is 78.9 Å². The smallest absolute Gasteiger partial charge is 0.0994 e. The van der Waals surface area contributed by atoms with Gasteiger partial charge >= 0.3 is 0 Å². The summed E-state index contributed by atoms with van der Waals surface area (Å²) < 4.78 is 0. The minimum absolute atomic E-state index is 0.0401. The van der Waals surface area contributed by atoms with Crippen LogP contribution in [0.3, 0.4) is 0 Å². The highest BCUT2D eigenvalue weighted by atomic mass is 15.3. The van der Waals surface area contributed by atoms with Crippen molar-refractivity contribution in [3.05, 3.63) is 185 Å². The Bertz CT molecular complexity index is 2270. The van der Waals surface area contributed by atoms with Crippen molar-refractivity contribution in [2.24, 2.45) is 5.41 Å². The first-order valence-corrected chi connectivity index (χ1v) is 20.7. The fraction of sp³-hybridized carbons (Fsp3) is 0.302. The van der Waals surface area contributed by atoms with E-state index in [1.54, 1.807) is 0 Å². The monoisotopic (exact) mass is 719 g/mol. The molecule has 0 atom stereocenters. The number of rotatable bonds is 7. The molecule has 6 aromatic rings. The van der Waals surface area contributed by atoms with Crippen molar-refractivity contribution in [2.45, 2.75) is 97.4 Å². The van der Waals surface area contributed by atoms with E-state index in [1.807, 2.05) is 0 Å². The first kappa shape index (κ1) is 35.6. The third kappa shape index (κ3) is 4.99. The van der Waals surface area contributed by atoms with E-state index in [2.05, 4.69) is 205 Å². The van der Waals surface area contributed by atoms with E-state index in [9.17, 15) is 0 Å². The van der Waals surface area contributed by atoms with Gasteiger partial charge < -0.3 is 9.80 Å². The molecule has 1 radical (unpaired) electrons. The van der Waals surface area contributed by atoms with E-state index in [-0.39, 0.29) is 11.0 Å². The van der Waals surface area contributed by atoms with Crippen molar-refractivity contribution < 1.29 is 0 Å². The molecule has 0 N–H and O–H groups in total. The zero-order valence-electron chi connectivity index (χ0n) is 33.9. The Hall–Kier alpha value is -5.08. The van der Waals surface area contributed by atoms with Crippen molar-refractivity contribution >= 4 is 22.7 Å². The predicted octanol–water partition coefficient (Wildman–Crippen LogP) is 14.5. The Morgan fingerprint density at radius 2 is 0.982 bits per heavy atom. The second-order valence-corrected chi connectivity index (χ2v) is 17.5. The molecule has 0 amide bonds. The van der Waals surface area contributed by atoms with E-state index in [0.29, 0.717) is 11.8 Å². The highest BCUT2D eigenvalue weighted by Gasteiger charge is 2.56. The van der Waals surface area contributed by atoms with Gasteiger partial charge in [-0.1, -0.05) is 157 Å². The quantitative estimate of drug-likeness (QED) is 0.162. The van der Waals surface area contributed by atoms with Crippen LogP contribution in [0, 0.1) is 11.5 Å². The van der Waals surface area contributed by atoms with Crippen LogP contribution in [-0.4, -0.2) is 5.54 Å². The summed E-state index contributed by atoms with van der Waals surface area (Å²) in [5, 5.41) is 0. The highest BCUT2D eigenvalue weighted by Crippen LogP contribution is 2.64. The van der Waals surface area contributed by atoms with E-state index >= 15 is 0 Å². The Labute approximate surface area is 329 Å². The van der Waals surface area contributed by atoms with Crippen LogP contribution in [0.2, 0.25) is 0 Å². The fourth-order valence-corrected chi connectivity index (χ4v) is 11.1. The lowest BCUT2D eigenvalue weighted by molar-refractivity contribution is 0.284. The summed E-state index contributed by atoms with van der Waals surface area (Å²) in [4.78, 5) is 5.31. The average Bonchev–Trinajstić information content (AvgIpc) is 3.64. The number of para-hydroxylation sites is 3. The summed E-state index contributed by atoms with van der Waals surface area (Å²) in [6.45, 7) is 19.2. The molecule has 55 heavy (non-hydrogen) atoms. The second-order valence-electron chi connectivity index (χ2n) is 17.5. The van der Waals surface area contributed by atoms with Gasteiger partial charge in [-0.15, -0.1) is 0 Å². The SMILES string of the molecule is CCC1(CC)CC(C)(C)N(c2c(C(C)C)cccc2C(C)C)[C]1c1ccc(N2c3ccccc3C3(c4ccccc4-c4ccccc43)c3ccccc32)cc1. The largest absolute Gasteiger partial charge is 0.353 e. The molecule has 0 unspecified atom stereocenters. The third-order valence-corrected chi connectivity index (χ3v) is 13.5. The lowest BCUT2D eigenvalue weighted by Crippen LogP contribution is -2.42. The van der Waals surface area contributed by atoms with Crippen LogP contribution in [0.5, 0.6) is 0 Å². The van der Waals surface area contributed by atoms with Gasteiger partial charge in [0.1, 0.15) is 0 Å². The molecule has 0 aromatic heterocycles. The molecule has 1 spiro atoms. The molecule has 277 valence electrons. The standard InChI is InChI=1S/C53H55N2/c1-9-52(10-2)34-51(7,8)55(49-39(35(3)4)22-19-23-40(49)36(5)6)50(52)37-30-32-38(33-31-37)54-47-28-17-15-26-45(47)53(46-27-16-18-29-48(46)54)43-24-13-11-20-41(43)42-21-12-14-25-44(42)53/h11-33,35-36H,9-10,34H2,1-8H3. The zero-order chi connectivity index (χ0) is 38.3. The lowest BCUT2D eigenvalue weighted by atomic mass is 9.64. The summed E-state index contributed by atoms with van der Waals surface area (Å²) in [5.74, 6) is 0.848. The number of hydrogen-bond donors (Lipinski definition) is 0. The van der Waals surface area contributed by atoms with Gasteiger partial charge in [0, 0.05) is 22.3 Å². The average molecular weight is 720 g/mol. The molecular formula is C53H55N2. The normalized spacial score (nSPS) is 17.4. The van der Waals surface area contributed by atoms with Crippen LogP contribution in [-0.2, 0) is 5.41 Å². The molecule has 1 aliphatic carbocycles. The summed E-state index contributed by atoms with van der Waals surface area (Å²) in [6.07, 6.45) is 3.35.